The summed E-state index contributed by atoms with van der Waals surface area (Å²) in [6, 6.07) is 12.0. The maximum absolute atomic E-state index is 11.0. The van der Waals surface area contributed by atoms with Crippen molar-refractivity contribution in [2.75, 3.05) is 5.73 Å². The average Bonchev–Trinajstić information content (AvgIpc) is 2.34. The quantitative estimate of drug-likeness (QED) is 0.856. The highest BCUT2D eigenvalue weighted by Gasteiger charge is 2.06. The fourth-order valence-corrected chi connectivity index (χ4v) is 1.69. The number of carbonyl (C=O) groups is 1. The molecule has 0 aromatic heterocycles. The molecule has 4 nitrogen and oxygen atoms in total. The fraction of sp³-hybridized carbons (Fsp3) is 0. The summed E-state index contributed by atoms with van der Waals surface area (Å²) in [4.78, 5) is 11.0. The average molecular weight is 307 g/mol. The molecule has 0 aliphatic heterocycles. The van der Waals surface area contributed by atoms with Crippen LogP contribution in [-0.4, -0.2) is 5.91 Å². The molecule has 0 bridgehead atoms. The molecule has 4 N–H and O–H groups in total. The van der Waals surface area contributed by atoms with Crippen molar-refractivity contribution in [3.63, 3.8) is 0 Å². The van der Waals surface area contributed by atoms with Crippen molar-refractivity contribution in [1.29, 1.82) is 0 Å². The van der Waals surface area contributed by atoms with Gasteiger partial charge in [-0.05, 0) is 42.5 Å². The summed E-state index contributed by atoms with van der Waals surface area (Å²) in [6.45, 7) is 0. The van der Waals surface area contributed by atoms with Crippen molar-refractivity contribution in [1.82, 2.24) is 0 Å². The van der Waals surface area contributed by atoms with Crippen LogP contribution in [0.5, 0.6) is 11.5 Å². The molecule has 0 aliphatic carbocycles. The van der Waals surface area contributed by atoms with Crippen LogP contribution in [0.3, 0.4) is 0 Å². The van der Waals surface area contributed by atoms with Gasteiger partial charge in [0.2, 0.25) is 5.91 Å². The highest BCUT2D eigenvalue weighted by molar-refractivity contribution is 9.10. The molecule has 0 saturated heterocycles. The first-order chi connectivity index (χ1) is 8.56. The van der Waals surface area contributed by atoms with E-state index in [0.717, 1.165) is 4.47 Å². The molecular formula is C13H11BrN2O2. The molecule has 0 unspecified atom stereocenters. The zero-order valence-electron chi connectivity index (χ0n) is 9.39. The topological polar surface area (TPSA) is 78.3 Å². The lowest BCUT2D eigenvalue weighted by Crippen LogP contribution is -2.11. The van der Waals surface area contributed by atoms with Crippen molar-refractivity contribution < 1.29 is 9.53 Å². The van der Waals surface area contributed by atoms with E-state index in [-0.39, 0.29) is 0 Å². The zero-order chi connectivity index (χ0) is 13.1. The molecule has 2 aromatic rings. The number of nitrogen functional groups attached to an aromatic ring is 1. The minimum Gasteiger partial charge on any atom is -0.455 e. The molecule has 0 aliphatic rings. The number of carbonyl (C=O) groups excluding carboxylic acids is 1. The number of anilines is 1. The van der Waals surface area contributed by atoms with Crippen LogP contribution in [0.2, 0.25) is 0 Å². The maximum Gasteiger partial charge on any atom is 0.248 e. The van der Waals surface area contributed by atoms with Gasteiger partial charge < -0.3 is 16.2 Å². The van der Waals surface area contributed by atoms with E-state index in [4.69, 9.17) is 16.2 Å². The maximum atomic E-state index is 11.0. The molecule has 0 spiro atoms. The predicted molar refractivity (Wildman–Crippen MR) is 73.6 cm³/mol. The van der Waals surface area contributed by atoms with Crippen LogP contribution in [0.25, 0.3) is 0 Å². The van der Waals surface area contributed by atoms with Crippen LogP contribution in [0.1, 0.15) is 10.4 Å². The Kier molecular flexibility index (Phi) is 3.53. The summed E-state index contributed by atoms with van der Waals surface area (Å²) in [5.74, 6) is 0.635. The second kappa shape index (κ2) is 5.10. The Morgan fingerprint density at radius 3 is 2.33 bits per heavy atom. The van der Waals surface area contributed by atoms with Gasteiger partial charge in [0.1, 0.15) is 11.5 Å². The summed E-state index contributed by atoms with van der Waals surface area (Å²) in [5, 5.41) is 0. The molecule has 0 saturated carbocycles. The first-order valence-electron chi connectivity index (χ1n) is 5.19. The standard InChI is InChI=1S/C13H11BrN2O2/c14-9-2-4-10(5-3-9)18-12-6-1-8(13(16)17)7-11(12)15/h1-7H,15H2,(H2,16,17). The molecule has 18 heavy (non-hydrogen) atoms. The van der Waals surface area contributed by atoms with E-state index in [0.29, 0.717) is 22.7 Å². The van der Waals surface area contributed by atoms with E-state index in [1.807, 2.05) is 24.3 Å². The van der Waals surface area contributed by atoms with Crippen LogP contribution in [-0.2, 0) is 0 Å². The van der Waals surface area contributed by atoms with Gasteiger partial charge in [0, 0.05) is 10.0 Å². The SMILES string of the molecule is NC(=O)c1ccc(Oc2ccc(Br)cc2)c(N)c1. The monoisotopic (exact) mass is 306 g/mol. The smallest absolute Gasteiger partial charge is 0.248 e. The highest BCUT2D eigenvalue weighted by atomic mass is 79.9. The minimum absolute atomic E-state index is 0.357. The number of hydrogen-bond donors (Lipinski definition) is 2. The van der Waals surface area contributed by atoms with E-state index in [9.17, 15) is 4.79 Å². The number of halogens is 1. The Bertz CT molecular complexity index is 582. The third-order valence-corrected chi connectivity index (χ3v) is 2.86. The molecule has 2 rings (SSSR count). The Balaban J connectivity index is 2.24. The van der Waals surface area contributed by atoms with Gasteiger partial charge in [0.05, 0.1) is 5.69 Å². The molecule has 0 radical (unpaired) electrons. The van der Waals surface area contributed by atoms with Crippen LogP contribution < -0.4 is 16.2 Å². The van der Waals surface area contributed by atoms with Gasteiger partial charge >= 0.3 is 0 Å². The van der Waals surface area contributed by atoms with Gasteiger partial charge in [0.25, 0.3) is 0 Å². The van der Waals surface area contributed by atoms with E-state index in [2.05, 4.69) is 15.9 Å². The third-order valence-electron chi connectivity index (χ3n) is 2.34. The molecule has 0 atom stereocenters. The van der Waals surface area contributed by atoms with Gasteiger partial charge in [-0.2, -0.15) is 0 Å². The van der Waals surface area contributed by atoms with Crippen LogP contribution >= 0.6 is 15.9 Å². The molecular weight excluding hydrogens is 296 g/mol. The molecule has 0 fully saturated rings. The summed E-state index contributed by atoms with van der Waals surface area (Å²) in [6.07, 6.45) is 0. The summed E-state index contributed by atoms with van der Waals surface area (Å²) in [5.41, 5.74) is 11.7. The van der Waals surface area contributed by atoms with E-state index in [1.54, 1.807) is 12.1 Å². The fourth-order valence-electron chi connectivity index (χ4n) is 1.42. The van der Waals surface area contributed by atoms with Gasteiger partial charge in [-0.25, -0.2) is 0 Å². The Labute approximate surface area is 113 Å². The largest absolute Gasteiger partial charge is 0.455 e. The van der Waals surface area contributed by atoms with E-state index < -0.39 is 5.91 Å². The van der Waals surface area contributed by atoms with Crippen molar-refractivity contribution in [2.24, 2.45) is 5.73 Å². The summed E-state index contributed by atoms with van der Waals surface area (Å²) >= 11 is 3.34. The molecule has 2 aromatic carbocycles. The van der Waals surface area contributed by atoms with Crippen LogP contribution in [0.4, 0.5) is 5.69 Å². The van der Waals surface area contributed by atoms with E-state index in [1.165, 1.54) is 6.07 Å². The number of ether oxygens (including phenoxy) is 1. The number of rotatable bonds is 3. The minimum atomic E-state index is -0.517. The van der Waals surface area contributed by atoms with Crippen LogP contribution in [0.15, 0.2) is 46.9 Å². The van der Waals surface area contributed by atoms with Crippen molar-refractivity contribution >= 4 is 27.5 Å². The summed E-state index contributed by atoms with van der Waals surface area (Å²) < 4.78 is 6.57. The number of hydrogen-bond acceptors (Lipinski definition) is 3. The van der Waals surface area contributed by atoms with Crippen molar-refractivity contribution in [3.8, 4) is 11.5 Å². The normalized spacial score (nSPS) is 10.1. The molecule has 0 heterocycles. The number of primary amides is 1. The van der Waals surface area contributed by atoms with Gasteiger partial charge in [0.15, 0.2) is 0 Å². The first kappa shape index (κ1) is 12.4. The molecule has 1 amide bonds. The van der Waals surface area contributed by atoms with E-state index >= 15 is 0 Å². The first-order valence-corrected chi connectivity index (χ1v) is 5.98. The van der Waals surface area contributed by atoms with Crippen LogP contribution in [0, 0.1) is 0 Å². The summed E-state index contributed by atoms with van der Waals surface area (Å²) in [7, 11) is 0. The second-order valence-corrected chi connectivity index (χ2v) is 4.59. The Morgan fingerprint density at radius 2 is 1.78 bits per heavy atom. The van der Waals surface area contributed by atoms with Crippen molar-refractivity contribution in [3.05, 3.63) is 52.5 Å². The Morgan fingerprint density at radius 1 is 1.11 bits per heavy atom. The molecule has 92 valence electrons. The zero-order valence-corrected chi connectivity index (χ0v) is 11.0. The van der Waals surface area contributed by atoms with Crippen molar-refractivity contribution in [2.45, 2.75) is 0 Å². The molecule has 5 heteroatoms. The Hall–Kier alpha value is -2.01. The van der Waals surface area contributed by atoms with Gasteiger partial charge in [-0.3, -0.25) is 4.79 Å². The lowest BCUT2D eigenvalue weighted by Gasteiger charge is -2.09. The lowest BCUT2D eigenvalue weighted by molar-refractivity contribution is 0.100. The number of benzene rings is 2. The number of amides is 1. The van der Waals surface area contributed by atoms with Gasteiger partial charge in [-0.1, -0.05) is 15.9 Å². The predicted octanol–water partition coefficient (Wildman–Crippen LogP) is 2.92. The second-order valence-electron chi connectivity index (χ2n) is 3.67. The highest BCUT2D eigenvalue weighted by Crippen LogP contribution is 2.28. The number of nitrogens with two attached hydrogens (primary N) is 2. The lowest BCUT2D eigenvalue weighted by atomic mass is 10.2. The third kappa shape index (κ3) is 2.81. The van der Waals surface area contributed by atoms with Gasteiger partial charge in [-0.15, -0.1) is 0 Å².